The number of hydrogen-bond donors (Lipinski definition) is 2. The molecule has 19 heavy (non-hydrogen) atoms. The normalized spacial score (nSPS) is 12.2. The molecule has 0 aliphatic heterocycles. The van der Waals surface area contributed by atoms with Crippen molar-refractivity contribution < 1.29 is 0 Å². The second-order valence-corrected chi connectivity index (χ2v) is 5.33. The van der Waals surface area contributed by atoms with Crippen LogP contribution in [0.3, 0.4) is 0 Å². The van der Waals surface area contributed by atoms with E-state index in [0.29, 0.717) is 21.6 Å². The van der Waals surface area contributed by atoms with Gasteiger partial charge in [0.05, 0.1) is 16.8 Å². The van der Waals surface area contributed by atoms with E-state index >= 15 is 0 Å². The fraction of sp³-hybridized carbons (Fsp3) is 0.143. The van der Waals surface area contributed by atoms with Gasteiger partial charge in [0.15, 0.2) is 0 Å². The van der Waals surface area contributed by atoms with Gasteiger partial charge >= 0.3 is 0 Å². The molecule has 0 spiro atoms. The summed E-state index contributed by atoms with van der Waals surface area (Å²) in [6.45, 7) is 0.395. The molecule has 0 amide bonds. The van der Waals surface area contributed by atoms with Crippen LogP contribution in [0.5, 0.6) is 0 Å². The standard InChI is InChI=1S/C14H13Cl3N2/c15-9-5-6-10(12(17)7-9)14(8-18)19-13-4-2-1-3-11(13)16/h1-7,14,19H,8,18H2. The molecule has 1 atom stereocenters. The van der Waals surface area contributed by atoms with Gasteiger partial charge in [-0.15, -0.1) is 0 Å². The van der Waals surface area contributed by atoms with E-state index in [1.807, 2.05) is 30.3 Å². The smallest absolute Gasteiger partial charge is 0.0651 e. The van der Waals surface area contributed by atoms with Crippen LogP contribution in [-0.2, 0) is 0 Å². The van der Waals surface area contributed by atoms with E-state index in [0.717, 1.165) is 11.3 Å². The molecule has 2 aromatic carbocycles. The molecular formula is C14H13Cl3N2. The van der Waals surface area contributed by atoms with Crippen molar-refractivity contribution in [1.82, 2.24) is 0 Å². The topological polar surface area (TPSA) is 38.0 Å². The average Bonchev–Trinajstić information content (AvgIpc) is 2.39. The third-order valence-electron chi connectivity index (χ3n) is 2.78. The summed E-state index contributed by atoms with van der Waals surface area (Å²) in [4.78, 5) is 0. The summed E-state index contributed by atoms with van der Waals surface area (Å²) in [5, 5.41) is 5.12. The van der Waals surface area contributed by atoms with Crippen molar-refractivity contribution in [3.05, 3.63) is 63.1 Å². The van der Waals surface area contributed by atoms with Crippen LogP contribution < -0.4 is 11.1 Å². The van der Waals surface area contributed by atoms with Crippen LogP contribution in [-0.4, -0.2) is 6.54 Å². The Morgan fingerprint density at radius 3 is 2.37 bits per heavy atom. The number of benzene rings is 2. The minimum absolute atomic E-state index is 0.121. The zero-order chi connectivity index (χ0) is 13.8. The first-order chi connectivity index (χ1) is 9.11. The number of para-hydroxylation sites is 1. The number of rotatable bonds is 4. The summed E-state index contributed by atoms with van der Waals surface area (Å²) in [6, 6.07) is 12.7. The fourth-order valence-corrected chi connectivity index (χ4v) is 2.54. The van der Waals surface area contributed by atoms with Crippen molar-refractivity contribution in [3.63, 3.8) is 0 Å². The van der Waals surface area contributed by atoms with Gasteiger partial charge in [-0.2, -0.15) is 0 Å². The largest absolute Gasteiger partial charge is 0.376 e. The molecule has 0 aliphatic rings. The first-order valence-corrected chi connectivity index (χ1v) is 6.91. The van der Waals surface area contributed by atoms with E-state index in [9.17, 15) is 0 Å². The van der Waals surface area contributed by atoms with Gasteiger partial charge in [-0.25, -0.2) is 0 Å². The molecule has 100 valence electrons. The molecule has 2 rings (SSSR count). The highest BCUT2D eigenvalue weighted by molar-refractivity contribution is 6.35. The van der Waals surface area contributed by atoms with Gasteiger partial charge in [0, 0.05) is 16.6 Å². The first kappa shape index (κ1) is 14.5. The van der Waals surface area contributed by atoms with E-state index in [1.54, 1.807) is 12.1 Å². The van der Waals surface area contributed by atoms with Crippen LogP contribution in [0.15, 0.2) is 42.5 Å². The predicted molar refractivity (Wildman–Crippen MR) is 83.3 cm³/mol. The van der Waals surface area contributed by atoms with Crippen molar-refractivity contribution in [1.29, 1.82) is 0 Å². The molecule has 2 aromatic rings. The zero-order valence-electron chi connectivity index (χ0n) is 10.0. The summed E-state index contributed by atoms with van der Waals surface area (Å²) in [7, 11) is 0. The fourth-order valence-electron chi connectivity index (χ4n) is 1.81. The number of nitrogens with one attached hydrogen (secondary N) is 1. The van der Waals surface area contributed by atoms with Crippen LogP contribution in [0, 0.1) is 0 Å². The molecule has 0 fully saturated rings. The van der Waals surface area contributed by atoms with Crippen molar-refractivity contribution in [3.8, 4) is 0 Å². The van der Waals surface area contributed by atoms with E-state index in [4.69, 9.17) is 40.5 Å². The summed E-state index contributed by atoms with van der Waals surface area (Å²) < 4.78 is 0. The lowest BCUT2D eigenvalue weighted by molar-refractivity contribution is 0.790. The van der Waals surface area contributed by atoms with Gasteiger partial charge < -0.3 is 11.1 Å². The minimum Gasteiger partial charge on any atom is -0.376 e. The maximum Gasteiger partial charge on any atom is 0.0651 e. The molecule has 0 bridgehead atoms. The zero-order valence-corrected chi connectivity index (χ0v) is 12.3. The van der Waals surface area contributed by atoms with Crippen LogP contribution in [0.1, 0.15) is 11.6 Å². The molecule has 0 aliphatic carbocycles. The molecule has 0 heterocycles. The van der Waals surface area contributed by atoms with Gasteiger partial charge in [0.25, 0.3) is 0 Å². The summed E-state index contributed by atoms with van der Waals surface area (Å²) in [5.41, 5.74) is 7.53. The highest BCUT2D eigenvalue weighted by Crippen LogP contribution is 2.30. The lowest BCUT2D eigenvalue weighted by Crippen LogP contribution is -2.21. The van der Waals surface area contributed by atoms with Gasteiger partial charge in [0.2, 0.25) is 0 Å². The first-order valence-electron chi connectivity index (χ1n) is 5.78. The Balaban J connectivity index is 2.28. The van der Waals surface area contributed by atoms with Crippen LogP contribution >= 0.6 is 34.8 Å². The molecule has 0 saturated heterocycles. The van der Waals surface area contributed by atoms with Gasteiger partial charge in [0.1, 0.15) is 0 Å². The Morgan fingerprint density at radius 1 is 1.00 bits per heavy atom. The summed E-state index contributed by atoms with van der Waals surface area (Å²) in [6.07, 6.45) is 0. The molecule has 3 N–H and O–H groups in total. The van der Waals surface area contributed by atoms with E-state index < -0.39 is 0 Å². The number of hydrogen-bond acceptors (Lipinski definition) is 2. The summed E-state index contributed by atoms with van der Waals surface area (Å²) in [5.74, 6) is 0. The van der Waals surface area contributed by atoms with Gasteiger partial charge in [-0.05, 0) is 29.8 Å². The third-order valence-corrected chi connectivity index (χ3v) is 3.67. The lowest BCUT2D eigenvalue weighted by Gasteiger charge is -2.20. The summed E-state index contributed by atoms with van der Waals surface area (Å²) >= 11 is 18.2. The van der Waals surface area contributed by atoms with Crippen molar-refractivity contribution >= 4 is 40.5 Å². The second-order valence-electron chi connectivity index (χ2n) is 4.08. The monoisotopic (exact) mass is 314 g/mol. The minimum atomic E-state index is -0.121. The quantitative estimate of drug-likeness (QED) is 0.853. The Kier molecular flexibility index (Phi) is 4.94. The average molecular weight is 316 g/mol. The van der Waals surface area contributed by atoms with Crippen LogP contribution in [0.25, 0.3) is 0 Å². The Labute approximate surface area is 127 Å². The van der Waals surface area contributed by atoms with Crippen LogP contribution in [0.2, 0.25) is 15.1 Å². The van der Waals surface area contributed by atoms with E-state index in [2.05, 4.69) is 5.32 Å². The van der Waals surface area contributed by atoms with E-state index in [1.165, 1.54) is 0 Å². The van der Waals surface area contributed by atoms with Crippen LogP contribution in [0.4, 0.5) is 5.69 Å². The Hall–Kier alpha value is -0.930. The predicted octanol–water partition coefficient (Wildman–Crippen LogP) is 4.76. The van der Waals surface area contributed by atoms with Gasteiger partial charge in [-0.1, -0.05) is 53.0 Å². The van der Waals surface area contributed by atoms with Crippen molar-refractivity contribution in [2.45, 2.75) is 6.04 Å². The molecule has 0 radical (unpaired) electrons. The Bertz CT molecular complexity index is 572. The SMILES string of the molecule is NCC(Nc1ccccc1Cl)c1ccc(Cl)cc1Cl. The number of anilines is 1. The van der Waals surface area contributed by atoms with Crippen molar-refractivity contribution in [2.24, 2.45) is 5.73 Å². The molecule has 0 aromatic heterocycles. The highest BCUT2D eigenvalue weighted by Gasteiger charge is 2.14. The third kappa shape index (κ3) is 3.54. The molecule has 0 saturated carbocycles. The molecule has 2 nitrogen and oxygen atoms in total. The second kappa shape index (κ2) is 6.49. The molecule has 5 heteroatoms. The Morgan fingerprint density at radius 2 is 1.74 bits per heavy atom. The van der Waals surface area contributed by atoms with E-state index in [-0.39, 0.29) is 6.04 Å². The maximum absolute atomic E-state index is 6.20. The maximum atomic E-state index is 6.20. The number of nitrogens with two attached hydrogens (primary N) is 1. The highest BCUT2D eigenvalue weighted by atomic mass is 35.5. The lowest BCUT2D eigenvalue weighted by atomic mass is 10.1. The number of halogens is 3. The molecule has 1 unspecified atom stereocenters. The van der Waals surface area contributed by atoms with Crippen molar-refractivity contribution in [2.75, 3.05) is 11.9 Å². The molecular weight excluding hydrogens is 303 g/mol. The van der Waals surface area contributed by atoms with Gasteiger partial charge in [-0.3, -0.25) is 0 Å².